The van der Waals surface area contributed by atoms with Gasteiger partial charge >= 0.3 is 6.09 Å². The fourth-order valence-corrected chi connectivity index (χ4v) is 4.22. The number of allylic oxidation sites excluding steroid dienone is 1. The summed E-state index contributed by atoms with van der Waals surface area (Å²) in [5.74, 6) is -0.999. The van der Waals surface area contributed by atoms with Crippen molar-refractivity contribution in [1.29, 1.82) is 0 Å². The van der Waals surface area contributed by atoms with Gasteiger partial charge < -0.3 is 19.3 Å². The molecular weight excluding hydrogens is 504 g/mol. The molecule has 1 N–H and O–H groups in total. The average Bonchev–Trinajstić information content (AvgIpc) is 3.24. The van der Waals surface area contributed by atoms with Gasteiger partial charge in [0.25, 0.3) is 11.8 Å². The zero-order valence-electron chi connectivity index (χ0n) is 22.5. The molecule has 2 atom stereocenters. The summed E-state index contributed by atoms with van der Waals surface area (Å²) in [6.07, 6.45) is 10.3. The number of hydrogen-bond donors (Lipinski definition) is 1. The second kappa shape index (κ2) is 15.9. The first kappa shape index (κ1) is 30.2. The van der Waals surface area contributed by atoms with Gasteiger partial charge in [0.2, 0.25) is 0 Å². The number of aliphatic hydroxyl groups excluding tert-OH is 1. The van der Waals surface area contributed by atoms with Crippen molar-refractivity contribution in [2.75, 3.05) is 44.9 Å². The van der Waals surface area contributed by atoms with Crippen LogP contribution in [0.25, 0.3) is 0 Å². The van der Waals surface area contributed by atoms with E-state index in [1.807, 2.05) is 6.08 Å². The summed E-state index contributed by atoms with van der Waals surface area (Å²) in [7, 11) is 1.63. The molecule has 1 aromatic rings. The van der Waals surface area contributed by atoms with Crippen LogP contribution in [-0.2, 0) is 28.6 Å². The van der Waals surface area contributed by atoms with Gasteiger partial charge in [0.15, 0.2) is 5.78 Å². The standard InChI is InChI=1S/C29H38N2O8/c1-30(29(36)39-24-8-5-3-2-4-6-9-24)23-13-11-22(12-14-23)28(35)25(32)10-7-18-37-20-21-38-19-17-31-26(33)15-16-27(31)34/h5,8,11-16,24,28,35H,2-4,6-7,9-10,17-21H2,1H3/b8-5+/t24-,28+/m0/s1. The molecule has 0 spiro atoms. The Balaban J connectivity index is 1.30. The number of imide groups is 1. The maximum atomic E-state index is 12.6. The Labute approximate surface area is 229 Å². The SMILES string of the molecule is CN(C(=O)O[C@H]1/C=C/CCCCC1)c1ccc([C@@H](O)C(=O)CCCOCCOCCN2C(=O)C=CC2=O)cc1. The van der Waals surface area contributed by atoms with E-state index >= 15 is 0 Å². The third kappa shape index (κ3) is 9.72. The average molecular weight is 543 g/mol. The van der Waals surface area contributed by atoms with Crippen LogP contribution in [0.1, 0.15) is 56.6 Å². The van der Waals surface area contributed by atoms with Crippen LogP contribution in [0.3, 0.4) is 0 Å². The smallest absolute Gasteiger partial charge is 0.414 e. The number of carbonyl (C=O) groups is 4. The van der Waals surface area contributed by atoms with E-state index in [9.17, 15) is 24.3 Å². The molecule has 0 unspecified atom stereocenters. The molecule has 39 heavy (non-hydrogen) atoms. The van der Waals surface area contributed by atoms with E-state index in [0.29, 0.717) is 37.5 Å². The molecule has 1 heterocycles. The molecule has 2 aliphatic rings. The number of carbonyl (C=O) groups excluding carboxylic acids is 4. The van der Waals surface area contributed by atoms with Gasteiger partial charge in [0.05, 0.1) is 26.4 Å². The molecule has 3 amide bonds. The van der Waals surface area contributed by atoms with Crippen LogP contribution in [-0.4, -0.2) is 79.8 Å². The van der Waals surface area contributed by atoms with Crippen molar-refractivity contribution >= 4 is 29.4 Å². The van der Waals surface area contributed by atoms with Crippen molar-refractivity contribution in [3.05, 3.63) is 54.1 Å². The topological polar surface area (TPSA) is 123 Å². The molecule has 0 aromatic heterocycles. The minimum atomic E-state index is -1.26. The predicted octanol–water partition coefficient (Wildman–Crippen LogP) is 3.49. The van der Waals surface area contributed by atoms with Crippen molar-refractivity contribution in [3.8, 4) is 0 Å². The van der Waals surface area contributed by atoms with Crippen LogP contribution in [0, 0.1) is 0 Å². The number of benzene rings is 1. The zero-order valence-corrected chi connectivity index (χ0v) is 22.5. The number of rotatable bonds is 14. The molecule has 0 fully saturated rings. The maximum absolute atomic E-state index is 12.6. The predicted molar refractivity (Wildman–Crippen MR) is 144 cm³/mol. The molecule has 10 nitrogen and oxygen atoms in total. The van der Waals surface area contributed by atoms with Crippen molar-refractivity contribution in [3.63, 3.8) is 0 Å². The van der Waals surface area contributed by atoms with Gasteiger partial charge in [0, 0.05) is 37.9 Å². The first-order chi connectivity index (χ1) is 18.9. The molecular formula is C29H38N2O8. The lowest BCUT2D eigenvalue weighted by Gasteiger charge is -2.22. The van der Waals surface area contributed by atoms with E-state index in [0.717, 1.165) is 37.0 Å². The third-order valence-electron chi connectivity index (χ3n) is 6.58. The second-order valence-corrected chi connectivity index (χ2v) is 9.50. The number of nitrogens with zero attached hydrogens (tertiary/aromatic N) is 2. The summed E-state index contributed by atoms with van der Waals surface area (Å²) in [6.45, 7) is 1.35. The molecule has 0 radical (unpaired) electrons. The highest BCUT2D eigenvalue weighted by Crippen LogP contribution is 2.22. The van der Waals surface area contributed by atoms with E-state index in [4.69, 9.17) is 14.2 Å². The minimum Gasteiger partial charge on any atom is -0.442 e. The Kier molecular flexibility index (Phi) is 12.3. The maximum Gasteiger partial charge on any atom is 0.414 e. The normalized spacial score (nSPS) is 18.9. The van der Waals surface area contributed by atoms with E-state index in [1.165, 1.54) is 17.1 Å². The van der Waals surface area contributed by atoms with Gasteiger partial charge in [-0.2, -0.15) is 0 Å². The van der Waals surface area contributed by atoms with E-state index in [2.05, 4.69) is 6.08 Å². The van der Waals surface area contributed by atoms with E-state index in [-0.39, 0.29) is 43.3 Å². The van der Waals surface area contributed by atoms with Gasteiger partial charge in [-0.05, 0) is 55.9 Å². The van der Waals surface area contributed by atoms with Crippen LogP contribution >= 0.6 is 0 Å². The molecule has 0 saturated heterocycles. The number of Topliss-reactive ketones (excluding diaryl/α,β-unsaturated/α-hetero) is 1. The molecule has 212 valence electrons. The quantitative estimate of drug-likeness (QED) is 0.215. The molecule has 1 aliphatic carbocycles. The van der Waals surface area contributed by atoms with Crippen LogP contribution in [0.15, 0.2) is 48.6 Å². The number of ketones is 1. The van der Waals surface area contributed by atoms with Gasteiger partial charge in [0.1, 0.15) is 12.2 Å². The van der Waals surface area contributed by atoms with Crippen LogP contribution < -0.4 is 4.90 Å². The van der Waals surface area contributed by atoms with Crippen LogP contribution in [0.4, 0.5) is 10.5 Å². The molecule has 0 bridgehead atoms. The lowest BCUT2D eigenvalue weighted by atomic mass is 10.0. The third-order valence-corrected chi connectivity index (χ3v) is 6.58. The number of ether oxygens (including phenoxy) is 3. The number of amides is 3. The largest absolute Gasteiger partial charge is 0.442 e. The Morgan fingerprint density at radius 2 is 1.69 bits per heavy atom. The first-order valence-electron chi connectivity index (χ1n) is 13.5. The molecule has 10 heteroatoms. The van der Waals surface area contributed by atoms with E-state index in [1.54, 1.807) is 31.3 Å². The molecule has 0 saturated carbocycles. The summed E-state index contributed by atoms with van der Waals surface area (Å²) in [5, 5.41) is 10.4. The van der Waals surface area contributed by atoms with Crippen molar-refractivity contribution in [2.45, 2.75) is 57.2 Å². The summed E-state index contributed by atoms with van der Waals surface area (Å²) < 4.78 is 16.4. The van der Waals surface area contributed by atoms with Crippen molar-refractivity contribution in [2.24, 2.45) is 0 Å². The first-order valence-corrected chi connectivity index (χ1v) is 13.5. The van der Waals surface area contributed by atoms with Crippen LogP contribution in [0.5, 0.6) is 0 Å². The van der Waals surface area contributed by atoms with E-state index < -0.39 is 12.2 Å². The lowest BCUT2D eigenvalue weighted by molar-refractivity contribution is -0.137. The second-order valence-electron chi connectivity index (χ2n) is 9.50. The summed E-state index contributed by atoms with van der Waals surface area (Å²) in [6, 6.07) is 6.61. The van der Waals surface area contributed by atoms with Crippen LogP contribution in [0.2, 0.25) is 0 Å². The highest BCUT2D eigenvalue weighted by Gasteiger charge is 2.23. The number of anilines is 1. The Morgan fingerprint density at radius 1 is 1.00 bits per heavy atom. The fraction of sp³-hybridized carbons (Fsp3) is 0.517. The van der Waals surface area contributed by atoms with Crippen molar-refractivity contribution < 1.29 is 38.5 Å². The Bertz CT molecular complexity index is 1020. The summed E-state index contributed by atoms with van der Waals surface area (Å²) >= 11 is 0. The molecule has 1 aliphatic heterocycles. The van der Waals surface area contributed by atoms with Gasteiger partial charge in [-0.25, -0.2) is 4.79 Å². The lowest BCUT2D eigenvalue weighted by Crippen LogP contribution is -2.33. The number of hydrogen-bond acceptors (Lipinski definition) is 8. The molecule has 3 rings (SSSR count). The zero-order chi connectivity index (χ0) is 28.0. The highest BCUT2D eigenvalue weighted by atomic mass is 16.6. The van der Waals surface area contributed by atoms with Gasteiger partial charge in [-0.15, -0.1) is 0 Å². The minimum absolute atomic E-state index is 0.150. The number of aliphatic hydroxyl groups is 1. The molecule has 1 aromatic carbocycles. The Hall–Kier alpha value is -3.34. The van der Waals surface area contributed by atoms with Gasteiger partial charge in [-0.3, -0.25) is 24.2 Å². The fourth-order valence-electron chi connectivity index (χ4n) is 4.22. The monoisotopic (exact) mass is 542 g/mol. The summed E-state index contributed by atoms with van der Waals surface area (Å²) in [4.78, 5) is 50.4. The summed E-state index contributed by atoms with van der Waals surface area (Å²) in [5.41, 5.74) is 1.05. The Morgan fingerprint density at radius 3 is 2.41 bits per heavy atom. The highest BCUT2D eigenvalue weighted by molar-refractivity contribution is 6.12. The van der Waals surface area contributed by atoms with Crippen molar-refractivity contribution in [1.82, 2.24) is 4.90 Å². The van der Waals surface area contributed by atoms with Gasteiger partial charge in [-0.1, -0.05) is 24.6 Å².